The Morgan fingerprint density at radius 1 is 1.40 bits per heavy atom. The van der Waals surface area contributed by atoms with E-state index in [1.54, 1.807) is 12.1 Å². The van der Waals surface area contributed by atoms with Gasteiger partial charge in [-0.3, -0.25) is 9.59 Å². The molecule has 2 aromatic rings. The number of anilines is 2. The van der Waals surface area contributed by atoms with Crippen LogP contribution in [-0.4, -0.2) is 28.6 Å². The number of para-hydroxylation sites is 1. The van der Waals surface area contributed by atoms with Crippen LogP contribution in [0.2, 0.25) is 0 Å². The molecule has 0 aliphatic carbocycles. The zero-order valence-electron chi connectivity index (χ0n) is 14.0. The van der Waals surface area contributed by atoms with E-state index in [-0.39, 0.29) is 30.5 Å². The van der Waals surface area contributed by atoms with Gasteiger partial charge in [0.05, 0.1) is 11.6 Å². The van der Waals surface area contributed by atoms with Crippen LogP contribution in [0.25, 0.3) is 0 Å². The average Bonchev–Trinajstić information content (AvgIpc) is 3.14. The van der Waals surface area contributed by atoms with Crippen LogP contribution < -0.4 is 10.2 Å². The van der Waals surface area contributed by atoms with E-state index in [0.717, 1.165) is 11.4 Å². The Morgan fingerprint density at radius 3 is 2.88 bits per heavy atom. The molecule has 1 aromatic carbocycles. The minimum absolute atomic E-state index is 0.0534. The summed E-state index contributed by atoms with van der Waals surface area (Å²) in [7, 11) is 0. The van der Waals surface area contributed by atoms with Gasteiger partial charge >= 0.3 is 0 Å². The van der Waals surface area contributed by atoms with Crippen molar-refractivity contribution in [2.45, 2.75) is 26.7 Å². The van der Waals surface area contributed by atoms with Gasteiger partial charge in [-0.25, -0.2) is 4.39 Å². The first kappa shape index (κ1) is 17.5. The highest BCUT2D eigenvalue weighted by Gasteiger charge is 2.36. The lowest BCUT2D eigenvalue weighted by molar-refractivity contribution is -0.122. The van der Waals surface area contributed by atoms with Gasteiger partial charge in [-0.2, -0.15) is 0 Å². The third kappa shape index (κ3) is 4.01. The minimum atomic E-state index is -0.537. The molecule has 0 saturated carbocycles. The molecule has 2 heterocycles. The van der Waals surface area contributed by atoms with E-state index in [1.165, 1.54) is 28.4 Å². The SMILES string of the molecule is CC(C)Cc1nnc(NC(=O)[C@H]2CC(=O)N(c3ccccc3F)C2)s1. The summed E-state index contributed by atoms with van der Waals surface area (Å²) in [6.07, 6.45) is 0.855. The van der Waals surface area contributed by atoms with Gasteiger partial charge in [0.15, 0.2) is 0 Å². The fraction of sp³-hybridized carbons (Fsp3) is 0.412. The summed E-state index contributed by atoms with van der Waals surface area (Å²) in [5.74, 6) is -1.11. The maximum atomic E-state index is 13.9. The van der Waals surface area contributed by atoms with Crippen LogP contribution in [0, 0.1) is 17.7 Å². The normalized spacial score (nSPS) is 17.4. The summed E-state index contributed by atoms with van der Waals surface area (Å²) in [4.78, 5) is 25.9. The fourth-order valence-electron chi connectivity index (χ4n) is 2.73. The van der Waals surface area contributed by atoms with Crippen molar-refractivity contribution in [3.05, 3.63) is 35.1 Å². The summed E-state index contributed by atoms with van der Waals surface area (Å²) in [5, 5.41) is 12.0. The quantitative estimate of drug-likeness (QED) is 0.887. The van der Waals surface area contributed by atoms with E-state index in [4.69, 9.17) is 0 Å². The predicted molar refractivity (Wildman–Crippen MR) is 93.9 cm³/mol. The Kier molecular flexibility index (Phi) is 5.08. The first-order valence-corrected chi connectivity index (χ1v) is 8.94. The highest BCUT2D eigenvalue weighted by Crippen LogP contribution is 2.28. The number of carbonyl (C=O) groups excluding carboxylic acids is 2. The first-order valence-electron chi connectivity index (χ1n) is 8.12. The number of rotatable bonds is 5. The highest BCUT2D eigenvalue weighted by atomic mass is 32.1. The topological polar surface area (TPSA) is 75.2 Å². The van der Waals surface area contributed by atoms with E-state index in [9.17, 15) is 14.0 Å². The molecule has 0 unspecified atom stereocenters. The second-order valence-corrected chi connectivity index (χ2v) is 7.51. The molecular formula is C17H19FN4O2S. The minimum Gasteiger partial charge on any atom is -0.309 e. The van der Waals surface area contributed by atoms with Gasteiger partial charge in [-0.05, 0) is 18.1 Å². The molecule has 1 N–H and O–H groups in total. The molecule has 0 spiro atoms. The van der Waals surface area contributed by atoms with Gasteiger partial charge in [0.25, 0.3) is 0 Å². The smallest absolute Gasteiger partial charge is 0.231 e. The summed E-state index contributed by atoms with van der Waals surface area (Å²) in [5.41, 5.74) is 0.206. The van der Waals surface area contributed by atoms with Crippen LogP contribution in [0.3, 0.4) is 0 Å². The number of hydrogen-bond donors (Lipinski definition) is 1. The van der Waals surface area contributed by atoms with Gasteiger partial charge in [-0.15, -0.1) is 10.2 Å². The number of nitrogens with zero attached hydrogens (tertiary/aromatic N) is 3. The summed E-state index contributed by atoms with van der Waals surface area (Å²) in [6, 6.07) is 6.06. The second-order valence-electron chi connectivity index (χ2n) is 6.44. The first-order chi connectivity index (χ1) is 11.9. The maximum Gasteiger partial charge on any atom is 0.231 e. The molecule has 6 nitrogen and oxygen atoms in total. The molecule has 1 aliphatic rings. The van der Waals surface area contributed by atoms with Crippen molar-refractivity contribution in [2.75, 3.05) is 16.8 Å². The van der Waals surface area contributed by atoms with Crippen LogP contribution in [0.15, 0.2) is 24.3 Å². The molecule has 8 heteroatoms. The second kappa shape index (κ2) is 7.26. The standard InChI is InChI=1S/C17H19FN4O2S/c1-10(2)7-14-20-21-17(25-14)19-16(24)11-8-15(23)22(9-11)13-6-4-3-5-12(13)18/h3-6,10-11H,7-9H2,1-2H3,(H,19,21,24)/t11-/m0/s1. The fourth-order valence-corrected chi connectivity index (χ4v) is 3.68. The van der Waals surface area contributed by atoms with Crippen molar-refractivity contribution in [1.29, 1.82) is 0 Å². The van der Waals surface area contributed by atoms with Gasteiger partial charge in [-0.1, -0.05) is 37.3 Å². The average molecular weight is 362 g/mol. The van der Waals surface area contributed by atoms with Crippen molar-refractivity contribution < 1.29 is 14.0 Å². The maximum absolute atomic E-state index is 13.9. The van der Waals surface area contributed by atoms with Crippen molar-refractivity contribution in [3.63, 3.8) is 0 Å². The Morgan fingerprint density at radius 2 is 2.16 bits per heavy atom. The molecule has 1 aromatic heterocycles. The van der Waals surface area contributed by atoms with E-state index in [0.29, 0.717) is 11.0 Å². The number of hydrogen-bond acceptors (Lipinski definition) is 5. The molecule has 1 fully saturated rings. The summed E-state index contributed by atoms with van der Waals surface area (Å²) in [6.45, 7) is 4.32. The van der Waals surface area contributed by atoms with E-state index in [1.807, 2.05) is 0 Å². The zero-order valence-corrected chi connectivity index (χ0v) is 14.8. The molecule has 132 valence electrons. The van der Waals surface area contributed by atoms with Gasteiger partial charge in [0, 0.05) is 19.4 Å². The van der Waals surface area contributed by atoms with Gasteiger partial charge < -0.3 is 10.2 Å². The van der Waals surface area contributed by atoms with Crippen LogP contribution in [0.5, 0.6) is 0 Å². The van der Waals surface area contributed by atoms with Crippen LogP contribution in [0.4, 0.5) is 15.2 Å². The number of halogens is 1. The number of carbonyl (C=O) groups is 2. The molecular weight excluding hydrogens is 343 g/mol. The van der Waals surface area contributed by atoms with Crippen LogP contribution in [-0.2, 0) is 16.0 Å². The predicted octanol–water partition coefficient (Wildman–Crippen LogP) is 2.87. The molecule has 0 bridgehead atoms. The van der Waals surface area contributed by atoms with Gasteiger partial charge in [0.2, 0.25) is 16.9 Å². The highest BCUT2D eigenvalue weighted by molar-refractivity contribution is 7.15. The lowest BCUT2D eigenvalue weighted by atomic mass is 10.1. The van der Waals surface area contributed by atoms with Crippen molar-refractivity contribution in [1.82, 2.24) is 10.2 Å². The van der Waals surface area contributed by atoms with E-state index < -0.39 is 11.7 Å². The largest absolute Gasteiger partial charge is 0.309 e. The van der Waals surface area contributed by atoms with E-state index >= 15 is 0 Å². The molecule has 2 amide bonds. The molecule has 1 atom stereocenters. The summed E-state index contributed by atoms with van der Waals surface area (Å²) >= 11 is 1.34. The molecule has 1 aliphatic heterocycles. The zero-order chi connectivity index (χ0) is 18.0. The van der Waals surface area contributed by atoms with Crippen LogP contribution >= 0.6 is 11.3 Å². The summed E-state index contributed by atoms with van der Waals surface area (Å²) < 4.78 is 13.9. The number of benzene rings is 1. The third-order valence-corrected chi connectivity index (χ3v) is 4.78. The van der Waals surface area contributed by atoms with Crippen molar-refractivity contribution in [2.24, 2.45) is 11.8 Å². The Labute approximate surface area is 149 Å². The molecule has 0 radical (unpaired) electrons. The molecule has 3 rings (SSSR count). The third-order valence-electron chi connectivity index (χ3n) is 3.92. The monoisotopic (exact) mass is 362 g/mol. The van der Waals surface area contributed by atoms with Crippen LogP contribution in [0.1, 0.15) is 25.3 Å². The van der Waals surface area contributed by atoms with E-state index in [2.05, 4.69) is 29.4 Å². The van der Waals surface area contributed by atoms with Crippen molar-refractivity contribution in [3.8, 4) is 0 Å². The Bertz CT molecular complexity index is 792. The number of aromatic nitrogens is 2. The Balaban J connectivity index is 1.65. The number of nitrogens with one attached hydrogen (secondary N) is 1. The van der Waals surface area contributed by atoms with Crippen molar-refractivity contribution >= 4 is 34.0 Å². The lowest BCUT2D eigenvalue weighted by Crippen LogP contribution is -2.28. The lowest BCUT2D eigenvalue weighted by Gasteiger charge is -2.17. The number of amides is 2. The molecule has 25 heavy (non-hydrogen) atoms. The molecule has 1 saturated heterocycles. The van der Waals surface area contributed by atoms with Gasteiger partial charge in [0.1, 0.15) is 10.8 Å². The Hall–Kier alpha value is -2.35.